The van der Waals surface area contributed by atoms with Gasteiger partial charge in [-0.25, -0.2) is 4.79 Å². The number of piperidine rings is 1. The van der Waals surface area contributed by atoms with Gasteiger partial charge in [0.2, 0.25) is 0 Å². The highest BCUT2D eigenvalue weighted by molar-refractivity contribution is 5.88. The Balaban J connectivity index is 1.45. The lowest BCUT2D eigenvalue weighted by molar-refractivity contribution is -0.0608. The number of methoxy groups -OCH3 is 1. The van der Waals surface area contributed by atoms with Crippen LogP contribution in [0.25, 0.3) is 10.9 Å². The number of nitrogens with one attached hydrogen (secondary N) is 1. The van der Waals surface area contributed by atoms with Crippen LogP contribution in [0, 0.1) is 6.92 Å². The van der Waals surface area contributed by atoms with Crippen molar-refractivity contribution in [2.24, 2.45) is 0 Å². The summed E-state index contributed by atoms with van der Waals surface area (Å²) in [5, 5.41) is 10.5. The molecule has 3 atom stereocenters. The third-order valence-corrected chi connectivity index (χ3v) is 7.17. The van der Waals surface area contributed by atoms with Crippen molar-refractivity contribution in [2.75, 3.05) is 26.9 Å². The molecule has 5 rings (SSSR count). The number of rotatable bonds is 7. The molecule has 2 aliphatic heterocycles. The number of aromatic carboxylic acids is 1. The van der Waals surface area contributed by atoms with Crippen molar-refractivity contribution in [3.8, 4) is 5.75 Å². The van der Waals surface area contributed by atoms with Crippen molar-refractivity contribution in [2.45, 2.75) is 51.0 Å². The molecule has 7 heteroatoms. The molecule has 0 spiro atoms. The minimum Gasteiger partial charge on any atom is -0.496 e. The van der Waals surface area contributed by atoms with Crippen LogP contribution in [0.3, 0.4) is 0 Å². The van der Waals surface area contributed by atoms with Crippen LogP contribution in [-0.2, 0) is 16.0 Å². The SMILES string of the molecule is COc1cc(C)c2[nH]ccc2c1CN1CC[C@@H](OC2CCOC2)C[C@@H]1c1ccc(C(=O)O)cc1. The fourth-order valence-corrected chi connectivity index (χ4v) is 5.37. The highest BCUT2D eigenvalue weighted by atomic mass is 16.5. The van der Waals surface area contributed by atoms with Gasteiger partial charge < -0.3 is 24.3 Å². The van der Waals surface area contributed by atoms with E-state index in [2.05, 4.69) is 28.9 Å². The van der Waals surface area contributed by atoms with Gasteiger partial charge in [0.1, 0.15) is 5.75 Å². The maximum absolute atomic E-state index is 11.4. The minimum atomic E-state index is -0.909. The van der Waals surface area contributed by atoms with E-state index in [1.54, 1.807) is 19.2 Å². The number of fused-ring (bicyclic) bond motifs is 1. The lowest BCUT2D eigenvalue weighted by atomic mass is 9.91. The van der Waals surface area contributed by atoms with Crippen molar-refractivity contribution in [1.29, 1.82) is 0 Å². The zero-order valence-electron chi connectivity index (χ0n) is 19.8. The standard InChI is InChI=1S/C27H32N2O5/c1-17-13-25(32-2)23(22-7-10-28-26(17)22)15-29-11-8-20(34-21-9-12-33-16-21)14-24(29)18-3-5-19(6-4-18)27(30)31/h3-7,10,13,20-21,24,28H,8-9,11-12,14-16H2,1-2H3,(H,30,31)/t20-,21?,24-/m1/s1. The van der Waals surface area contributed by atoms with E-state index >= 15 is 0 Å². The normalized spacial score (nSPS) is 23.4. The molecule has 3 heterocycles. The average molecular weight is 465 g/mol. The Labute approximate surface area is 199 Å². The fourth-order valence-electron chi connectivity index (χ4n) is 5.37. The van der Waals surface area contributed by atoms with Crippen LogP contribution < -0.4 is 4.74 Å². The first-order valence-electron chi connectivity index (χ1n) is 12.0. The first kappa shape index (κ1) is 22.9. The molecule has 1 aromatic heterocycles. The van der Waals surface area contributed by atoms with E-state index in [0.717, 1.165) is 61.4 Å². The molecule has 0 aliphatic carbocycles. The smallest absolute Gasteiger partial charge is 0.335 e. The fraction of sp³-hybridized carbons (Fsp3) is 0.444. The summed E-state index contributed by atoms with van der Waals surface area (Å²) >= 11 is 0. The van der Waals surface area contributed by atoms with Crippen LogP contribution in [0.4, 0.5) is 0 Å². The predicted molar refractivity (Wildman–Crippen MR) is 129 cm³/mol. The summed E-state index contributed by atoms with van der Waals surface area (Å²) < 4.78 is 17.7. The summed E-state index contributed by atoms with van der Waals surface area (Å²) in [5.74, 6) is -0.0141. The highest BCUT2D eigenvalue weighted by Crippen LogP contribution is 2.38. The summed E-state index contributed by atoms with van der Waals surface area (Å²) in [6, 6.07) is 11.6. The molecule has 0 amide bonds. The molecule has 3 aromatic rings. The Morgan fingerprint density at radius 3 is 2.74 bits per heavy atom. The van der Waals surface area contributed by atoms with Crippen molar-refractivity contribution >= 4 is 16.9 Å². The molecule has 2 fully saturated rings. The molecular weight excluding hydrogens is 432 g/mol. The second kappa shape index (κ2) is 9.78. The van der Waals surface area contributed by atoms with Crippen LogP contribution in [0.1, 0.15) is 52.4 Å². The molecule has 2 aromatic carbocycles. The quantitative estimate of drug-likeness (QED) is 0.528. The molecule has 0 saturated carbocycles. The zero-order chi connectivity index (χ0) is 23.7. The van der Waals surface area contributed by atoms with E-state index in [1.807, 2.05) is 18.3 Å². The number of aromatic nitrogens is 1. The van der Waals surface area contributed by atoms with Gasteiger partial charge in [0, 0.05) is 48.4 Å². The Hall–Kier alpha value is -2.87. The molecule has 34 heavy (non-hydrogen) atoms. The van der Waals surface area contributed by atoms with Crippen LogP contribution in [-0.4, -0.2) is 60.0 Å². The molecule has 180 valence electrons. The van der Waals surface area contributed by atoms with E-state index in [9.17, 15) is 9.90 Å². The second-order valence-corrected chi connectivity index (χ2v) is 9.32. The van der Waals surface area contributed by atoms with Crippen molar-refractivity contribution in [3.63, 3.8) is 0 Å². The summed E-state index contributed by atoms with van der Waals surface area (Å²) in [6.45, 7) is 5.15. The lowest BCUT2D eigenvalue weighted by Crippen LogP contribution is -2.40. The molecule has 0 bridgehead atoms. The van der Waals surface area contributed by atoms with E-state index in [-0.39, 0.29) is 18.2 Å². The van der Waals surface area contributed by atoms with Crippen LogP contribution >= 0.6 is 0 Å². The Morgan fingerprint density at radius 1 is 1.21 bits per heavy atom. The lowest BCUT2D eigenvalue weighted by Gasteiger charge is -2.40. The van der Waals surface area contributed by atoms with Gasteiger partial charge in [-0.1, -0.05) is 12.1 Å². The molecule has 0 radical (unpaired) electrons. The molecular formula is C27H32N2O5. The largest absolute Gasteiger partial charge is 0.496 e. The number of aromatic amines is 1. The van der Waals surface area contributed by atoms with Crippen molar-refractivity contribution in [3.05, 3.63) is 64.8 Å². The number of H-pyrrole nitrogens is 1. The number of likely N-dealkylation sites (tertiary alicyclic amines) is 1. The molecule has 7 nitrogen and oxygen atoms in total. The highest BCUT2D eigenvalue weighted by Gasteiger charge is 2.33. The molecule has 1 unspecified atom stereocenters. The number of nitrogens with zero attached hydrogens (tertiary/aromatic N) is 1. The number of carbonyl (C=O) groups is 1. The van der Waals surface area contributed by atoms with Gasteiger partial charge in [0.05, 0.1) is 31.5 Å². The van der Waals surface area contributed by atoms with Gasteiger partial charge in [0.15, 0.2) is 0 Å². The number of ether oxygens (including phenoxy) is 3. The van der Waals surface area contributed by atoms with E-state index in [0.29, 0.717) is 12.2 Å². The Bertz CT molecular complexity index is 1150. The molecule has 2 aliphatic rings. The summed E-state index contributed by atoms with van der Waals surface area (Å²) in [4.78, 5) is 17.2. The predicted octanol–water partition coefficient (Wildman–Crippen LogP) is 4.69. The maximum Gasteiger partial charge on any atom is 0.335 e. The third kappa shape index (κ3) is 4.56. The van der Waals surface area contributed by atoms with E-state index in [1.165, 1.54) is 10.9 Å². The topological polar surface area (TPSA) is 84.0 Å². The van der Waals surface area contributed by atoms with Crippen molar-refractivity contribution in [1.82, 2.24) is 9.88 Å². The van der Waals surface area contributed by atoms with Gasteiger partial charge >= 0.3 is 5.97 Å². The van der Waals surface area contributed by atoms with E-state index in [4.69, 9.17) is 14.2 Å². The van der Waals surface area contributed by atoms with Crippen LogP contribution in [0.15, 0.2) is 42.6 Å². The number of carboxylic acids is 1. The van der Waals surface area contributed by atoms with E-state index < -0.39 is 5.97 Å². The first-order valence-corrected chi connectivity index (χ1v) is 12.0. The van der Waals surface area contributed by atoms with Gasteiger partial charge in [0.25, 0.3) is 0 Å². The molecule has 2 N–H and O–H groups in total. The number of hydrogen-bond donors (Lipinski definition) is 2. The summed E-state index contributed by atoms with van der Waals surface area (Å²) in [6.07, 6.45) is 5.05. The number of aryl methyl sites for hydroxylation is 1. The Kier molecular flexibility index (Phi) is 6.59. The number of carboxylic acid groups (broad SMARTS) is 1. The summed E-state index contributed by atoms with van der Waals surface area (Å²) in [7, 11) is 1.72. The second-order valence-electron chi connectivity index (χ2n) is 9.32. The Morgan fingerprint density at radius 2 is 2.03 bits per heavy atom. The van der Waals surface area contributed by atoms with Gasteiger partial charge in [-0.3, -0.25) is 4.90 Å². The van der Waals surface area contributed by atoms with Gasteiger partial charge in [-0.2, -0.15) is 0 Å². The average Bonchev–Trinajstić information content (AvgIpc) is 3.54. The third-order valence-electron chi connectivity index (χ3n) is 7.17. The van der Waals surface area contributed by atoms with Crippen molar-refractivity contribution < 1.29 is 24.1 Å². The van der Waals surface area contributed by atoms with Gasteiger partial charge in [-0.15, -0.1) is 0 Å². The number of benzene rings is 2. The van der Waals surface area contributed by atoms with Crippen LogP contribution in [0.5, 0.6) is 5.75 Å². The summed E-state index contributed by atoms with van der Waals surface area (Å²) in [5.41, 5.74) is 4.87. The zero-order valence-corrected chi connectivity index (χ0v) is 19.8. The maximum atomic E-state index is 11.4. The number of hydrogen-bond acceptors (Lipinski definition) is 5. The first-order chi connectivity index (χ1) is 16.5. The van der Waals surface area contributed by atoms with Crippen LogP contribution in [0.2, 0.25) is 0 Å². The van der Waals surface area contributed by atoms with Gasteiger partial charge in [-0.05, 0) is 61.6 Å². The monoisotopic (exact) mass is 464 g/mol. The minimum absolute atomic E-state index is 0.115. The molecule has 2 saturated heterocycles.